The van der Waals surface area contributed by atoms with Gasteiger partial charge >= 0.3 is 0 Å². The zero-order valence-electron chi connectivity index (χ0n) is 8.16. The second-order valence-corrected chi connectivity index (χ2v) is 3.85. The van der Waals surface area contributed by atoms with E-state index in [1.54, 1.807) is 0 Å². The number of piperidine rings is 1. The first-order valence-corrected chi connectivity index (χ1v) is 4.79. The molecule has 3 atom stereocenters. The number of rotatable bonds is 2. The summed E-state index contributed by atoms with van der Waals surface area (Å²) in [5, 5.41) is 0. The summed E-state index contributed by atoms with van der Waals surface area (Å²) in [5.41, 5.74) is 5.88. The molecule has 2 N–H and O–H groups in total. The maximum Gasteiger partial charge on any atom is 0.0250 e. The number of nitrogens with two attached hydrogens (primary N) is 1. The van der Waals surface area contributed by atoms with Crippen LogP contribution >= 0.6 is 0 Å². The maximum atomic E-state index is 5.88. The highest BCUT2D eigenvalue weighted by Gasteiger charge is 2.25. The van der Waals surface area contributed by atoms with Crippen LogP contribution in [0.1, 0.15) is 26.7 Å². The van der Waals surface area contributed by atoms with Crippen LogP contribution in [-0.4, -0.2) is 29.6 Å². The molecule has 0 aromatic carbocycles. The van der Waals surface area contributed by atoms with Crippen LogP contribution in [0.2, 0.25) is 0 Å². The van der Waals surface area contributed by atoms with Gasteiger partial charge in [-0.2, -0.15) is 0 Å². The molecule has 2 heteroatoms. The standard InChI is InChI=1S/C10H20N2/c1-4-8(2)12-6-5-10(11)7-9(12)3/h4,8-10H,1,5-7,11H2,2-3H3. The average Bonchev–Trinajstić information content (AvgIpc) is 2.03. The SMILES string of the molecule is C=CC(C)N1CCC(N)CC1C. The van der Waals surface area contributed by atoms with Crippen molar-refractivity contribution in [3.05, 3.63) is 12.7 Å². The third-order valence-electron chi connectivity index (χ3n) is 2.83. The van der Waals surface area contributed by atoms with Crippen LogP contribution in [0.25, 0.3) is 0 Å². The highest BCUT2D eigenvalue weighted by Crippen LogP contribution is 2.18. The van der Waals surface area contributed by atoms with Crippen LogP contribution in [-0.2, 0) is 0 Å². The summed E-state index contributed by atoms with van der Waals surface area (Å²) in [4.78, 5) is 2.47. The molecule has 0 aliphatic carbocycles. The predicted molar refractivity (Wildman–Crippen MR) is 53.0 cm³/mol. The van der Waals surface area contributed by atoms with Crippen molar-refractivity contribution in [2.75, 3.05) is 6.54 Å². The van der Waals surface area contributed by atoms with Gasteiger partial charge in [0.2, 0.25) is 0 Å². The van der Waals surface area contributed by atoms with Gasteiger partial charge in [0.25, 0.3) is 0 Å². The Labute approximate surface area is 75.4 Å². The fourth-order valence-corrected chi connectivity index (χ4v) is 1.97. The van der Waals surface area contributed by atoms with Gasteiger partial charge in [0.05, 0.1) is 0 Å². The third-order valence-corrected chi connectivity index (χ3v) is 2.83. The van der Waals surface area contributed by atoms with E-state index in [0.717, 1.165) is 19.4 Å². The molecule has 0 aromatic heterocycles. The van der Waals surface area contributed by atoms with Crippen LogP contribution in [0.15, 0.2) is 12.7 Å². The molecule has 70 valence electrons. The average molecular weight is 168 g/mol. The fourth-order valence-electron chi connectivity index (χ4n) is 1.97. The fraction of sp³-hybridized carbons (Fsp3) is 0.800. The van der Waals surface area contributed by atoms with E-state index in [9.17, 15) is 0 Å². The van der Waals surface area contributed by atoms with Crippen molar-refractivity contribution < 1.29 is 0 Å². The van der Waals surface area contributed by atoms with E-state index < -0.39 is 0 Å². The van der Waals surface area contributed by atoms with Crippen molar-refractivity contribution in [1.29, 1.82) is 0 Å². The predicted octanol–water partition coefficient (Wildman–Crippen LogP) is 1.37. The zero-order valence-corrected chi connectivity index (χ0v) is 8.16. The van der Waals surface area contributed by atoms with E-state index in [-0.39, 0.29) is 0 Å². The molecule has 3 unspecified atom stereocenters. The normalized spacial score (nSPS) is 34.6. The number of hydrogen-bond donors (Lipinski definition) is 1. The topological polar surface area (TPSA) is 29.3 Å². The molecule has 0 spiro atoms. The Kier molecular flexibility index (Phi) is 3.29. The summed E-state index contributed by atoms with van der Waals surface area (Å²) in [7, 11) is 0. The summed E-state index contributed by atoms with van der Waals surface area (Å²) in [6.07, 6.45) is 4.26. The lowest BCUT2D eigenvalue weighted by Crippen LogP contribution is -2.48. The Morgan fingerprint density at radius 1 is 1.67 bits per heavy atom. The minimum Gasteiger partial charge on any atom is -0.328 e. The molecule has 0 radical (unpaired) electrons. The second-order valence-electron chi connectivity index (χ2n) is 3.85. The molecule has 1 saturated heterocycles. The second kappa shape index (κ2) is 4.06. The Balaban J connectivity index is 2.49. The van der Waals surface area contributed by atoms with Crippen LogP contribution in [0.5, 0.6) is 0 Å². The summed E-state index contributed by atoms with van der Waals surface area (Å²) in [6, 6.07) is 1.52. The van der Waals surface area contributed by atoms with Gasteiger partial charge < -0.3 is 5.73 Å². The van der Waals surface area contributed by atoms with E-state index in [1.165, 1.54) is 0 Å². The van der Waals surface area contributed by atoms with Crippen molar-refractivity contribution in [3.8, 4) is 0 Å². The van der Waals surface area contributed by atoms with Crippen LogP contribution in [0, 0.1) is 0 Å². The molecule has 1 heterocycles. The summed E-state index contributed by atoms with van der Waals surface area (Å²) < 4.78 is 0. The number of hydrogen-bond acceptors (Lipinski definition) is 2. The minimum atomic E-state index is 0.410. The third kappa shape index (κ3) is 2.08. The summed E-state index contributed by atoms with van der Waals surface area (Å²) in [6.45, 7) is 9.38. The number of likely N-dealkylation sites (tertiary alicyclic amines) is 1. The molecule has 2 nitrogen and oxygen atoms in total. The molecule has 1 aliphatic rings. The minimum absolute atomic E-state index is 0.410. The Hall–Kier alpha value is -0.340. The van der Waals surface area contributed by atoms with Crippen molar-refractivity contribution >= 4 is 0 Å². The monoisotopic (exact) mass is 168 g/mol. The van der Waals surface area contributed by atoms with Gasteiger partial charge in [0, 0.05) is 24.7 Å². The Bertz CT molecular complexity index is 156. The van der Waals surface area contributed by atoms with Gasteiger partial charge in [-0.05, 0) is 26.7 Å². The van der Waals surface area contributed by atoms with E-state index in [0.29, 0.717) is 18.1 Å². The molecule has 1 fully saturated rings. The smallest absolute Gasteiger partial charge is 0.0250 e. The van der Waals surface area contributed by atoms with E-state index in [1.807, 2.05) is 6.08 Å². The first-order chi connectivity index (χ1) is 5.65. The van der Waals surface area contributed by atoms with Crippen molar-refractivity contribution in [2.45, 2.75) is 44.8 Å². The zero-order chi connectivity index (χ0) is 9.14. The maximum absolute atomic E-state index is 5.88. The van der Waals surface area contributed by atoms with E-state index >= 15 is 0 Å². The summed E-state index contributed by atoms with van der Waals surface area (Å²) in [5.74, 6) is 0. The van der Waals surface area contributed by atoms with Gasteiger partial charge in [-0.1, -0.05) is 6.08 Å². The molecular weight excluding hydrogens is 148 g/mol. The lowest BCUT2D eigenvalue weighted by molar-refractivity contribution is 0.125. The van der Waals surface area contributed by atoms with Gasteiger partial charge in [-0.3, -0.25) is 4.90 Å². The lowest BCUT2D eigenvalue weighted by atomic mass is 9.97. The number of nitrogens with zero attached hydrogens (tertiary/aromatic N) is 1. The molecule has 1 rings (SSSR count). The molecule has 12 heavy (non-hydrogen) atoms. The molecule has 0 saturated carbocycles. The highest BCUT2D eigenvalue weighted by molar-refractivity contribution is 4.90. The van der Waals surface area contributed by atoms with Crippen LogP contribution in [0.4, 0.5) is 0 Å². The van der Waals surface area contributed by atoms with Crippen molar-refractivity contribution in [1.82, 2.24) is 4.90 Å². The molecule has 0 bridgehead atoms. The molecular formula is C10H20N2. The quantitative estimate of drug-likeness (QED) is 0.631. The lowest BCUT2D eigenvalue weighted by Gasteiger charge is -2.39. The first kappa shape index (κ1) is 9.75. The van der Waals surface area contributed by atoms with Gasteiger partial charge in [0.15, 0.2) is 0 Å². The molecule has 0 aromatic rings. The highest BCUT2D eigenvalue weighted by atomic mass is 15.2. The van der Waals surface area contributed by atoms with Crippen molar-refractivity contribution in [3.63, 3.8) is 0 Å². The Morgan fingerprint density at radius 2 is 2.33 bits per heavy atom. The largest absolute Gasteiger partial charge is 0.328 e. The Morgan fingerprint density at radius 3 is 2.83 bits per heavy atom. The van der Waals surface area contributed by atoms with Crippen molar-refractivity contribution in [2.24, 2.45) is 5.73 Å². The van der Waals surface area contributed by atoms with Crippen LogP contribution < -0.4 is 5.73 Å². The van der Waals surface area contributed by atoms with E-state index in [4.69, 9.17) is 5.73 Å². The first-order valence-electron chi connectivity index (χ1n) is 4.79. The van der Waals surface area contributed by atoms with Crippen LogP contribution in [0.3, 0.4) is 0 Å². The van der Waals surface area contributed by atoms with E-state index in [2.05, 4.69) is 25.3 Å². The van der Waals surface area contributed by atoms with Gasteiger partial charge in [0.1, 0.15) is 0 Å². The molecule has 0 amide bonds. The molecule has 1 aliphatic heterocycles. The summed E-state index contributed by atoms with van der Waals surface area (Å²) >= 11 is 0. The van der Waals surface area contributed by atoms with Gasteiger partial charge in [-0.15, -0.1) is 6.58 Å². The van der Waals surface area contributed by atoms with Gasteiger partial charge in [-0.25, -0.2) is 0 Å².